The van der Waals surface area contributed by atoms with Crippen LogP contribution in [0.1, 0.15) is 37.4 Å². The number of aryl methyl sites for hydroxylation is 1. The van der Waals surface area contributed by atoms with Crippen molar-refractivity contribution in [3.8, 4) is 5.75 Å². The maximum atomic E-state index is 12.2. The number of sulfone groups is 1. The van der Waals surface area contributed by atoms with Gasteiger partial charge in [0.1, 0.15) is 5.75 Å². The molecule has 0 radical (unpaired) electrons. The third kappa shape index (κ3) is 5.59. The summed E-state index contributed by atoms with van der Waals surface area (Å²) in [5.74, 6) is 0.437. The second kappa shape index (κ2) is 8.85. The van der Waals surface area contributed by atoms with Gasteiger partial charge < -0.3 is 10.1 Å². The van der Waals surface area contributed by atoms with Crippen LogP contribution in [0, 0.1) is 0 Å². The molecule has 140 valence electrons. The number of hydrogen-bond acceptors (Lipinski definition) is 4. The second-order valence-corrected chi connectivity index (χ2v) is 8.17. The highest BCUT2D eigenvalue weighted by Gasteiger charge is 2.14. The summed E-state index contributed by atoms with van der Waals surface area (Å²) in [4.78, 5) is 12.4. The highest BCUT2D eigenvalue weighted by atomic mass is 32.2. The molecular weight excluding hydrogens is 350 g/mol. The highest BCUT2D eigenvalue weighted by molar-refractivity contribution is 7.90. The van der Waals surface area contributed by atoms with Crippen molar-refractivity contribution in [3.63, 3.8) is 0 Å². The first-order valence-electron chi connectivity index (χ1n) is 8.64. The molecule has 2 aromatic carbocycles. The van der Waals surface area contributed by atoms with Gasteiger partial charge in [0.15, 0.2) is 16.4 Å². The van der Waals surface area contributed by atoms with Crippen LogP contribution in [0.15, 0.2) is 53.4 Å². The summed E-state index contributed by atoms with van der Waals surface area (Å²) < 4.78 is 28.6. The summed E-state index contributed by atoms with van der Waals surface area (Å²) in [6, 6.07) is 14.1. The van der Waals surface area contributed by atoms with Crippen LogP contribution < -0.4 is 10.1 Å². The van der Waals surface area contributed by atoms with Crippen LogP contribution in [0.5, 0.6) is 5.75 Å². The summed E-state index contributed by atoms with van der Waals surface area (Å²) in [6.07, 6.45) is 2.82. The standard InChI is InChI=1S/C20H25NO4S/c1-4-15-6-10-17(11-7-15)25-14-20(22)21-19(5-2)16-8-12-18(13-9-16)26(3,23)24/h6-13,19H,4-5,14H2,1-3H3,(H,21,22). The van der Waals surface area contributed by atoms with Gasteiger partial charge in [0.05, 0.1) is 10.9 Å². The largest absolute Gasteiger partial charge is 0.484 e. The number of nitrogens with one attached hydrogen (secondary N) is 1. The summed E-state index contributed by atoms with van der Waals surface area (Å²) >= 11 is 0. The number of ether oxygens (including phenoxy) is 1. The number of amides is 1. The SMILES string of the molecule is CCc1ccc(OCC(=O)NC(CC)c2ccc(S(C)(=O)=O)cc2)cc1. The summed E-state index contributed by atoms with van der Waals surface area (Å²) in [7, 11) is -3.23. The van der Waals surface area contributed by atoms with Crippen LogP contribution in [-0.4, -0.2) is 27.2 Å². The van der Waals surface area contributed by atoms with Gasteiger partial charge >= 0.3 is 0 Å². The summed E-state index contributed by atoms with van der Waals surface area (Å²) in [6.45, 7) is 3.97. The van der Waals surface area contributed by atoms with Crippen molar-refractivity contribution >= 4 is 15.7 Å². The van der Waals surface area contributed by atoms with E-state index in [-0.39, 0.29) is 23.5 Å². The second-order valence-electron chi connectivity index (χ2n) is 6.16. The van der Waals surface area contributed by atoms with Crippen LogP contribution in [0.3, 0.4) is 0 Å². The van der Waals surface area contributed by atoms with Crippen molar-refractivity contribution in [1.29, 1.82) is 0 Å². The van der Waals surface area contributed by atoms with Gasteiger partial charge in [0.2, 0.25) is 0 Å². The van der Waals surface area contributed by atoms with Crippen molar-refractivity contribution in [3.05, 3.63) is 59.7 Å². The molecule has 0 aromatic heterocycles. The van der Waals surface area contributed by atoms with E-state index >= 15 is 0 Å². The first-order chi connectivity index (χ1) is 12.3. The first-order valence-corrected chi connectivity index (χ1v) is 10.5. The number of benzene rings is 2. The van der Waals surface area contributed by atoms with E-state index in [4.69, 9.17) is 4.74 Å². The fourth-order valence-corrected chi connectivity index (χ4v) is 3.21. The van der Waals surface area contributed by atoms with Crippen LogP contribution in [-0.2, 0) is 21.1 Å². The lowest BCUT2D eigenvalue weighted by molar-refractivity contribution is -0.123. The predicted molar refractivity (Wildman–Crippen MR) is 102 cm³/mol. The predicted octanol–water partition coefficient (Wildman–Crippen LogP) is 3.30. The molecule has 0 aliphatic heterocycles. The Balaban J connectivity index is 1.94. The Morgan fingerprint density at radius 3 is 2.15 bits per heavy atom. The average Bonchev–Trinajstić information content (AvgIpc) is 2.64. The van der Waals surface area contributed by atoms with Gasteiger partial charge in [-0.15, -0.1) is 0 Å². The van der Waals surface area contributed by atoms with Crippen LogP contribution in [0.25, 0.3) is 0 Å². The molecule has 1 unspecified atom stereocenters. The van der Waals surface area contributed by atoms with Crippen LogP contribution in [0.4, 0.5) is 0 Å². The maximum Gasteiger partial charge on any atom is 0.258 e. The number of carbonyl (C=O) groups excluding carboxylic acids is 1. The summed E-state index contributed by atoms with van der Waals surface area (Å²) in [5.41, 5.74) is 2.07. The number of carbonyl (C=O) groups is 1. The Morgan fingerprint density at radius 2 is 1.65 bits per heavy atom. The number of hydrogen-bond donors (Lipinski definition) is 1. The van der Waals surface area contributed by atoms with Crippen molar-refractivity contribution in [1.82, 2.24) is 5.32 Å². The van der Waals surface area contributed by atoms with E-state index in [0.717, 1.165) is 12.0 Å². The minimum Gasteiger partial charge on any atom is -0.484 e. The molecule has 1 atom stereocenters. The molecule has 0 bridgehead atoms. The maximum absolute atomic E-state index is 12.2. The monoisotopic (exact) mass is 375 g/mol. The van der Waals surface area contributed by atoms with Crippen LogP contribution >= 0.6 is 0 Å². The molecule has 6 heteroatoms. The lowest BCUT2D eigenvalue weighted by Gasteiger charge is -2.18. The van der Waals surface area contributed by atoms with E-state index < -0.39 is 9.84 Å². The number of rotatable bonds is 8. The zero-order valence-corrected chi connectivity index (χ0v) is 16.2. The van der Waals surface area contributed by atoms with Gasteiger partial charge in [-0.05, 0) is 48.2 Å². The lowest BCUT2D eigenvalue weighted by Crippen LogP contribution is -2.32. The highest BCUT2D eigenvalue weighted by Crippen LogP contribution is 2.19. The molecule has 2 aromatic rings. The molecule has 0 heterocycles. The van der Waals surface area contributed by atoms with Crippen molar-refractivity contribution < 1.29 is 17.9 Å². The molecule has 0 fully saturated rings. The fraction of sp³-hybridized carbons (Fsp3) is 0.350. The molecule has 0 saturated carbocycles. The van der Waals surface area contributed by atoms with E-state index in [1.54, 1.807) is 24.3 Å². The molecule has 1 N–H and O–H groups in total. The topological polar surface area (TPSA) is 72.5 Å². The Kier molecular flexibility index (Phi) is 6.80. The lowest BCUT2D eigenvalue weighted by atomic mass is 10.0. The molecule has 1 amide bonds. The first kappa shape index (κ1) is 20.0. The van der Waals surface area contributed by atoms with E-state index in [1.807, 2.05) is 31.2 Å². The normalized spacial score (nSPS) is 12.4. The van der Waals surface area contributed by atoms with Gasteiger partial charge in [-0.25, -0.2) is 8.42 Å². The van der Waals surface area contributed by atoms with E-state index in [0.29, 0.717) is 12.2 Å². The van der Waals surface area contributed by atoms with Gasteiger partial charge in [-0.1, -0.05) is 38.1 Å². The molecule has 2 rings (SSSR count). The Bertz CT molecular complexity index is 827. The Labute approximate surface area is 155 Å². The third-order valence-electron chi connectivity index (χ3n) is 4.16. The Morgan fingerprint density at radius 1 is 1.04 bits per heavy atom. The smallest absolute Gasteiger partial charge is 0.258 e. The van der Waals surface area contributed by atoms with Gasteiger partial charge in [0.25, 0.3) is 5.91 Å². The van der Waals surface area contributed by atoms with E-state index in [1.165, 1.54) is 11.8 Å². The molecular formula is C20H25NO4S. The van der Waals surface area contributed by atoms with E-state index in [2.05, 4.69) is 12.2 Å². The van der Waals surface area contributed by atoms with Gasteiger partial charge in [-0.3, -0.25) is 4.79 Å². The zero-order valence-electron chi connectivity index (χ0n) is 15.4. The molecule has 0 saturated heterocycles. The minimum atomic E-state index is -3.23. The third-order valence-corrected chi connectivity index (χ3v) is 5.28. The summed E-state index contributed by atoms with van der Waals surface area (Å²) in [5, 5.41) is 2.92. The molecule has 5 nitrogen and oxygen atoms in total. The van der Waals surface area contributed by atoms with Gasteiger partial charge in [-0.2, -0.15) is 0 Å². The van der Waals surface area contributed by atoms with Crippen molar-refractivity contribution in [2.24, 2.45) is 0 Å². The Hall–Kier alpha value is -2.34. The molecule has 0 aliphatic rings. The van der Waals surface area contributed by atoms with Crippen molar-refractivity contribution in [2.45, 2.75) is 37.6 Å². The van der Waals surface area contributed by atoms with Gasteiger partial charge in [0, 0.05) is 6.26 Å². The average molecular weight is 375 g/mol. The fourth-order valence-electron chi connectivity index (χ4n) is 2.57. The van der Waals surface area contributed by atoms with E-state index in [9.17, 15) is 13.2 Å². The minimum absolute atomic E-state index is 0.0661. The van der Waals surface area contributed by atoms with Crippen LogP contribution in [0.2, 0.25) is 0 Å². The zero-order chi connectivity index (χ0) is 19.2. The molecule has 26 heavy (non-hydrogen) atoms. The molecule has 0 spiro atoms. The van der Waals surface area contributed by atoms with Crippen molar-refractivity contribution in [2.75, 3.05) is 12.9 Å². The quantitative estimate of drug-likeness (QED) is 0.768. The molecule has 0 aliphatic carbocycles.